The molecule has 3 heterocycles. The maximum Gasteiger partial charge on any atom is 0.226 e. The molecule has 2 saturated heterocycles. The van der Waals surface area contributed by atoms with E-state index in [9.17, 15) is 5.11 Å². The van der Waals surface area contributed by atoms with Crippen LogP contribution in [-0.2, 0) is 9.68 Å². The Morgan fingerprint density at radius 2 is 0.981 bits per heavy atom. The minimum absolute atomic E-state index is 0.0402. The lowest BCUT2D eigenvalue weighted by Crippen LogP contribution is -2.62. The van der Waals surface area contributed by atoms with Gasteiger partial charge in [-0.2, -0.15) is 20.1 Å². The molecule has 0 radical (unpaired) electrons. The molecule has 2 unspecified atom stereocenters. The number of hydrogen-bond acceptors (Lipinski definition) is 9. The highest BCUT2D eigenvalue weighted by Gasteiger charge is 2.51. The molecule has 310 valence electrons. The minimum Gasteiger partial charge on any atom is -0.395 e. The highest BCUT2D eigenvalue weighted by atomic mass is 16.7. The molecule has 54 heavy (non-hydrogen) atoms. The van der Waals surface area contributed by atoms with Crippen LogP contribution in [0.3, 0.4) is 0 Å². The summed E-state index contributed by atoms with van der Waals surface area (Å²) in [6.45, 7) is 24.2. The molecule has 0 spiro atoms. The highest BCUT2D eigenvalue weighted by molar-refractivity contribution is 5.27. The van der Waals surface area contributed by atoms with E-state index in [0.717, 1.165) is 75.9 Å². The van der Waals surface area contributed by atoms with Crippen molar-refractivity contribution in [2.24, 2.45) is 11.8 Å². The summed E-state index contributed by atoms with van der Waals surface area (Å²) in [5, 5.41) is 18.1. The van der Waals surface area contributed by atoms with Gasteiger partial charge in [0.2, 0.25) is 5.95 Å². The molecule has 0 amide bonds. The number of anilines is 1. The molecule has 1 aromatic rings. The number of nitrogens with one attached hydrogen (secondary N) is 1. The highest BCUT2D eigenvalue weighted by Crippen LogP contribution is 2.51. The van der Waals surface area contributed by atoms with E-state index in [0.29, 0.717) is 36.5 Å². The van der Waals surface area contributed by atoms with E-state index in [-0.39, 0.29) is 40.6 Å². The number of hydrogen-bond donors (Lipinski definition) is 2. The molecule has 9 heteroatoms. The first-order chi connectivity index (χ1) is 25.6. The fraction of sp³-hybridized carbons (Fsp3) is 0.933. The van der Waals surface area contributed by atoms with Gasteiger partial charge in [0, 0.05) is 40.5 Å². The minimum atomic E-state index is -0.114. The summed E-state index contributed by atoms with van der Waals surface area (Å²) in [4.78, 5) is 29.9. The van der Waals surface area contributed by atoms with Crippen LogP contribution < -0.4 is 5.32 Å². The van der Waals surface area contributed by atoms with Crippen molar-refractivity contribution in [3.05, 3.63) is 11.6 Å². The Labute approximate surface area is 330 Å². The molecule has 1 aromatic heterocycles. The van der Waals surface area contributed by atoms with Crippen LogP contribution in [0, 0.1) is 11.8 Å². The van der Waals surface area contributed by atoms with Crippen LogP contribution in [0.25, 0.3) is 0 Å². The van der Waals surface area contributed by atoms with Crippen molar-refractivity contribution in [3.8, 4) is 0 Å². The standard InChI is InChI=1S/C45H82N6O3/c1-11-13-25-37(33-29-42(3,4)50(43(5,6)30-33)53-35-21-17-15-18-22-35)39-47-40(49-41(48-39)46-27-28-52)38(26-14-12-2)34-31-44(7,8)51(45(9,10)32-34)54-36-23-19-16-20-24-36/h33-38,52H,11-32H2,1-10H3,(H,46,47,48,49). The number of nitrogens with zero attached hydrogens (tertiary/aromatic N) is 5. The van der Waals surface area contributed by atoms with Crippen LogP contribution >= 0.6 is 0 Å². The summed E-state index contributed by atoms with van der Waals surface area (Å²) in [5.74, 6) is 3.81. The third kappa shape index (κ3) is 11.0. The molecular formula is C45H82N6O3. The van der Waals surface area contributed by atoms with E-state index < -0.39 is 0 Å². The maximum atomic E-state index is 9.87. The van der Waals surface area contributed by atoms with E-state index in [1.165, 1.54) is 64.2 Å². The van der Waals surface area contributed by atoms with Crippen LogP contribution in [0.2, 0.25) is 0 Å². The first kappa shape index (κ1) is 43.7. The monoisotopic (exact) mass is 755 g/mol. The van der Waals surface area contributed by atoms with Crippen LogP contribution in [0.15, 0.2) is 0 Å². The van der Waals surface area contributed by atoms with Crippen LogP contribution in [0.5, 0.6) is 0 Å². The Kier molecular flexibility index (Phi) is 15.3. The number of aromatic nitrogens is 3. The molecule has 9 nitrogen and oxygen atoms in total. The van der Waals surface area contributed by atoms with Gasteiger partial charge in [-0.1, -0.05) is 78.1 Å². The first-order valence-corrected chi connectivity index (χ1v) is 22.6. The van der Waals surface area contributed by atoms with E-state index in [1.54, 1.807) is 0 Å². The lowest BCUT2D eigenvalue weighted by molar-refractivity contribution is -0.315. The van der Waals surface area contributed by atoms with Gasteiger partial charge in [0.1, 0.15) is 11.6 Å². The second kappa shape index (κ2) is 18.9. The van der Waals surface area contributed by atoms with Crippen molar-refractivity contribution in [3.63, 3.8) is 0 Å². The zero-order valence-electron chi connectivity index (χ0n) is 36.5. The lowest BCUT2D eigenvalue weighted by atomic mass is 9.68. The smallest absolute Gasteiger partial charge is 0.226 e. The molecule has 4 fully saturated rings. The summed E-state index contributed by atoms with van der Waals surface area (Å²) in [6, 6.07) is 0. The molecule has 4 aliphatic rings. The van der Waals surface area contributed by atoms with Gasteiger partial charge < -0.3 is 10.4 Å². The normalized spacial score (nSPS) is 25.8. The predicted molar refractivity (Wildman–Crippen MR) is 221 cm³/mol. The number of unbranched alkanes of at least 4 members (excludes halogenated alkanes) is 2. The molecule has 0 bridgehead atoms. The summed E-state index contributed by atoms with van der Waals surface area (Å²) < 4.78 is 0. The zero-order chi connectivity index (χ0) is 39.1. The van der Waals surface area contributed by atoms with Crippen molar-refractivity contribution < 1.29 is 14.8 Å². The van der Waals surface area contributed by atoms with Gasteiger partial charge >= 0.3 is 0 Å². The topological polar surface area (TPSA) is 95.9 Å². The van der Waals surface area contributed by atoms with Crippen molar-refractivity contribution >= 4 is 5.95 Å². The summed E-state index contributed by atoms with van der Waals surface area (Å²) in [6.07, 6.45) is 24.0. The maximum absolute atomic E-state index is 9.87. The molecule has 0 aromatic carbocycles. The number of rotatable bonds is 17. The Morgan fingerprint density at radius 1 is 0.611 bits per heavy atom. The van der Waals surface area contributed by atoms with E-state index >= 15 is 0 Å². The van der Waals surface area contributed by atoms with Crippen molar-refractivity contribution in [1.29, 1.82) is 0 Å². The van der Waals surface area contributed by atoms with Gasteiger partial charge in [-0.25, -0.2) is 4.98 Å². The first-order valence-electron chi connectivity index (χ1n) is 22.6. The van der Waals surface area contributed by atoms with Crippen molar-refractivity contribution in [1.82, 2.24) is 25.1 Å². The Hall–Kier alpha value is -1.39. The molecule has 2 N–H and O–H groups in total. The van der Waals surface area contributed by atoms with Crippen LogP contribution in [0.4, 0.5) is 5.95 Å². The fourth-order valence-electron chi connectivity index (χ4n) is 11.4. The van der Waals surface area contributed by atoms with Crippen LogP contribution in [0.1, 0.15) is 221 Å². The number of hydroxylamine groups is 4. The summed E-state index contributed by atoms with van der Waals surface area (Å²) in [7, 11) is 0. The molecule has 2 aliphatic carbocycles. The van der Waals surface area contributed by atoms with E-state index in [1.807, 2.05) is 0 Å². The number of piperidine rings is 2. The van der Waals surface area contributed by atoms with Crippen molar-refractivity contribution in [2.45, 2.75) is 244 Å². The fourth-order valence-corrected chi connectivity index (χ4v) is 11.4. The van der Waals surface area contributed by atoms with Gasteiger partial charge in [-0.05, 0) is 131 Å². The SMILES string of the molecule is CCCCC(c1nc(NCCO)nc(C(CCCC)C2CC(C)(C)N(OC3CCCCC3)C(C)(C)C2)n1)C1CC(C)(C)N(OC2CCCCC2)C(C)(C)C1. The van der Waals surface area contributed by atoms with E-state index in [4.69, 9.17) is 24.6 Å². The van der Waals surface area contributed by atoms with Gasteiger partial charge in [0.05, 0.1) is 18.8 Å². The zero-order valence-corrected chi connectivity index (χ0v) is 36.5. The van der Waals surface area contributed by atoms with E-state index in [2.05, 4.69) is 84.7 Å². The van der Waals surface area contributed by atoms with Gasteiger partial charge in [0.25, 0.3) is 0 Å². The third-order valence-electron chi connectivity index (χ3n) is 13.5. The average Bonchev–Trinajstić information content (AvgIpc) is 3.11. The van der Waals surface area contributed by atoms with Gasteiger partial charge in [-0.15, -0.1) is 0 Å². The number of aliphatic hydroxyl groups is 1. The Balaban J connectivity index is 1.48. The van der Waals surface area contributed by atoms with Gasteiger partial charge in [0.15, 0.2) is 0 Å². The second-order valence-corrected chi connectivity index (χ2v) is 20.4. The number of aliphatic hydroxyl groups excluding tert-OH is 1. The Bertz CT molecular complexity index is 1160. The van der Waals surface area contributed by atoms with Crippen LogP contribution in [-0.4, -0.2) is 77.7 Å². The summed E-state index contributed by atoms with van der Waals surface area (Å²) in [5.41, 5.74) is -0.458. The Morgan fingerprint density at radius 3 is 1.31 bits per heavy atom. The van der Waals surface area contributed by atoms with Gasteiger partial charge in [-0.3, -0.25) is 9.68 Å². The average molecular weight is 755 g/mol. The lowest BCUT2D eigenvalue weighted by Gasteiger charge is -2.56. The molecule has 2 atom stereocenters. The molecule has 2 saturated carbocycles. The summed E-state index contributed by atoms with van der Waals surface area (Å²) >= 11 is 0. The molecule has 2 aliphatic heterocycles. The quantitative estimate of drug-likeness (QED) is 0.161. The largest absolute Gasteiger partial charge is 0.395 e. The molecule has 5 rings (SSSR count). The third-order valence-corrected chi connectivity index (χ3v) is 13.5. The second-order valence-electron chi connectivity index (χ2n) is 20.4. The van der Waals surface area contributed by atoms with Crippen molar-refractivity contribution in [2.75, 3.05) is 18.5 Å². The predicted octanol–water partition coefficient (Wildman–Crippen LogP) is 10.9. The molecular weight excluding hydrogens is 673 g/mol.